The van der Waals surface area contributed by atoms with E-state index in [1.54, 1.807) is 24.3 Å². The second kappa shape index (κ2) is 8.87. The van der Waals surface area contributed by atoms with Crippen LogP contribution in [0.25, 0.3) is 11.1 Å². The Bertz CT molecular complexity index is 945. The van der Waals surface area contributed by atoms with Gasteiger partial charge in [0.25, 0.3) is 11.8 Å². The van der Waals surface area contributed by atoms with E-state index < -0.39 is 11.8 Å². The van der Waals surface area contributed by atoms with Crippen LogP contribution in [0.3, 0.4) is 0 Å². The molecule has 3 aromatic rings. The summed E-state index contributed by atoms with van der Waals surface area (Å²) in [6.45, 7) is -0.236. The molecule has 0 heterocycles. The Morgan fingerprint density at radius 3 is 2.37 bits per heavy atom. The lowest BCUT2D eigenvalue weighted by molar-refractivity contribution is -0.123. The van der Waals surface area contributed by atoms with Crippen molar-refractivity contribution in [3.63, 3.8) is 0 Å². The average molecular weight is 381 g/mol. The summed E-state index contributed by atoms with van der Waals surface area (Å²) in [5, 5.41) is 0.440. The fourth-order valence-electron chi connectivity index (χ4n) is 2.46. The van der Waals surface area contributed by atoms with Crippen LogP contribution in [0.4, 0.5) is 0 Å². The van der Waals surface area contributed by atoms with Crippen LogP contribution in [0.15, 0.2) is 78.9 Å². The minimum atomic E-state index is -0.478. The van der Waals surface area contributed by atoms with Gasteiger partial charge in [0.15, 0.2) is 6.61 Å². The highest BCUT2D eigenvalue weighted by molar-refractivity contribution is 6.30. The Balaban J connectivity index is 1.56. The molecule has 5 nitrogen and oxygen atoms in total. The lowest BCUT2D eigenvalue weighted by atomic mass is 10.1. The first-order valence-corrected chi connectivity index (χ1v) is 8.63. The minimum absolute atomic E-state index is 0.236. The molecule has 0 unspecified atom stereocenters. The highest BCUT2D eigenvalue weighted by Gasteiger charge is 2.10. The third-order valence-corrected chi connectivity index (χ3v) is 3.97. The molecule has 0 atom stereocenters. The number of halogens is 1. The number of carbonyl (C=O) groups excluding carboxylic acids is 2. The predicted molar refractivity (Wildman–Crippen MR) is 104 cm³/mol. The van der Waals surface area contributed by atoms with Gasteiger partial charge < -0.3 is 4.74 Å². The van der Waals surface area contributed by atoms with Crippen LogP contribution in [0, 0.1) is 0 Å². The maximum atomic E-state index is 12.0. The first-order valence-electron chi connectivity index (χ1n) is 8.25. The van der Waals surface area contributed by atoms with Crippen LogP contribution >= 0.6 is 11.6 Å². The van der Waals surface area contributed by atoms with Crippen LogP contribution in [0.5, 0.6) is 5.75 Å². The van der Waals surface area contributed by atoms with Gasteiger partial charge in [0.2, 0.25) is 0 Å². The zero-order valence-electron chi connectivity index (χ0n) is 14.3. The quantitative estimate of drug-likeness (QED) is 0.661. The van der Waals surface area contributed by atoms with Gasteiger partial charge in [-0.05, 0) is 29.8 Å². The molecule has 0 fully saturated rings. The van der Waals surface area contributed by atoms with E-state index in [0.717, 1.165) is 11.1 Å². The van der Waals surface area contributed by atoms with E-state index in [4.69, 9.17) is 16.3 Å². The number of amides is 2. The number of rotatable bonds is 5. The smallest absolute Gasteiger partial charge is 0.276 e. The van der Waals surface area contributed by atoms with Gasteiger partial charge in [0.1, 0.15) is 5.75 Å². The number of benzene rings is 3. The topological polar surface area (TPSA) is 67.4 Å². The fraction of sp³-hybridized carbons (Fsp3) is 0.0476. The number of para-hydroxylation sites is 1. The summed E-state index contributed by atoms with van der Waals surface area (Å²) in [5.74, 6) is -0.358. The van der Waals surface area contributed by atoms with E-state index in [1.165, 1.54) is 6.07 Å². The molecular formula is C21H17ClN2O3. The molecule has 0 saturated carbocycles. The van der Waals surface area contributed by atoms with Gasteiger partial charge in [-0.15, -0.1) is 0 Å². The van der Waals surface area contributed by atoms with Gasteiger partial charge >= 0.3 is 0 Å². The molecular weight excluding hydrogens is 364 g/mol. The summed E-state index contributed by atoms with van der Waals surface area (Å²) in [6, 6.07) is 23.6. The van der Waals surface area contributed by atoms with E-state index in [-0.39, 0.29) is 6.61 Å². The molecule has 0 saturated heterocycles. The van der Waals surface area contributed by atoms with Crippen LogP contribution < -0.4 is 15.6 Å². The Morgan fingerprint density at radius 1 is 0.852 bits per heavy atom. The van der Waals surface area contributed by atoms with Crippen molar-refractivity contribution < 1.29 is 14.3 Å². The van der Waals surface area contributed by atoms with Gasteiger partial charge in [-0.3, -0.25) is 20.4 Å². The van der Waals surface area contributed by atoms with Gasteiger partial charge in [0, 0.05) is 16.1 Å². The Morgan fingerprint density at radius 2 is 1.59 bits per heavy atom. The molecule has 0 aliphatic carbocycles. The molecule has 3 aromatic carbocycles. The molecule has 0 aliphatic heterocycles. The third kappa shape index (κ3) is 5.09. The molecule has 27 heavy (non-hydrogen) atoms. The second-order valence-corrected chi connectivity index (χ2v) is 6.10. The van der Waals surface area contributed by atoms with E-state index in [2.05, 4.69) is 10.9 Å². The molecule has 2 amide bonds. The molecule has 2 N–H and O–H groups in total. The summed E-state index contributed by atoms with van der Waals surface area (Å²) in [6.07, 6.45) is 0. The zero-order valence-corrected chi connectivity index (χ0v) is 15.1. The van der Waals surface area contributed by atoms with E-state index in [0.29, 0.717) is 16.3 Å². The molecule has 0 radical (unpaired) electrons. The lowest BCUT2D eigenvalue weighted by Crippen LogP contribution is -2.43. The van der Waals surface area contributed by atoms with Crippen molar-refractivity contribution in [2.24, 2.45) is 0 Å². The van der Waals surface area contributed by atoms with E-state index in [1.807, 2.05) is 48.5 Å². The first kappa shape index (κ1) is 18.5. The maximum absolute atomic E-state index is 12.0. The third-order valence-electron chi connectivity index (χ3n) is 3.73. The Hall–Kier alpha value is -3.31. The Labute approximate surface area is 161 Å². The number of hydrogen-bond acceptors (Lipinski definition) is 3. The SMILES string of the molecule is O=C(COc1ccccc1-c1ccccc1)NNC(=O)c1cccc(Cl)c1. The molecule has 0 aromatic heterocycles. The average Bonchev–Trinajstić information content (AvgIpc) is 2.71. The summed E-state index contributed by atoms with van der Waals surface area (Å²) in [5.41, 5.74) is 6.87. The van der Waals surface area contributed by atoms with Gasteiger partial charge in [0.05, 0.1) is 0 Å². The number of ether oxygens (including phenoxy) is 1. The zero-order chi connectivity index (χ0) is 19.1. The largest absolute Gasteiger partial charge is 0.483 e. The highest BCUT2D eigenvalue weighted by Crippen LogP contribution is 2.29. The monoisotopic (exact) mass is 380 g/mol. The van der Waals surface area contributed by atoms with Crippen LogP contribution in [-0.4, -0.2) is 18.4 Å². The van der Waals surface area contributed by atoms with Crippen LogP contribution in [0.2, 0.25) is 5.02 Å². The van der Waals surface area contributed by atoms with Gasteiger partial charge in [-0.25, -0.2) is 0 Å². The number of hydrogen-bond donors (Lipinski definition) is 2. The minimum Gasteiger partial charge on any atom is -0.483 e. The second-order valence-electron chi connectivity index (χ2n) is 5.66. The predicted octanol–water partition coefficient (Wildman–Crippen LogP) is 3.85. The van der Waals surface area contributed by atoms with Crippen molar-refractivity contribution in [1.29, 1.82) is 0 Å². The lowest BCUT2D eigenvalue weighted by Gasteiger charge is -2.12. The van der Waals surface area contributed by atoms with Crippen LogP contribution in [0.1, 0.15) is 10.4 Å². The summed E-state index contributed by atoms with van der Waals surface area (Å²) >= 11 is 5.85. The number of carbonyl (C=O) groups is 2. The number of nitrogens with one attached hydrogen (secondary N) is 2. The fourth-order valence-corrected chi connectivity index (χ4v) is 2.65. The van der Waals surface area contributed by atoms with Gasteiger partial charge in [-0.2, -0.15) is 0 Å². The van der Waals surface area contributed by atoms with Crippen molar-refractivity contribution in [2.45, 2.75) is 0 Å². The summed E-state index contributed by atoms with van der Waals surface area (Å²) in [4.78, 5) is 24.0. The molecule has 0 spiro atoms. The summed E-state index contributed by atoms with van der Waals surface area (Å²) in [7, 11) is 0. The van der Waals surface area contributed by atoms with E-state index >= 15 is 0 Å². The number of hydrazine groups is 1. The van der Waals surface area contributed by atoms with Crippen molar-refractivity contribution in [3.05, 3.63) is 89.4 Å². The molecule has 136 valence electrons. The summed E-state index contributed by atoms with van der Waals surface area (Å²) < 4.78 is 5.63. The highest BCUT2D eigenvalue weighted by atomic mass is 35.5. The molecule has 0 aliphatic rings. The molecule has 6 heteroatoms. The standard InChI is InChI=1S/C21H17ClN2O3/c22-17-10-6-9-16(13-17)21(26)24-23-20(25)14-27-19-12-5-4-11-18(19)15-7-2-1-3-8-15/h1-13H,14H2,(H,23,25)(H,24,26). The Kier molecular flexibility index (Phi) is 6.07. The van der Waals surface area contributed by atoms with Crippen molar-refractivity contribution in [2.75, 3.05) is 6.61 Å². The van der Waals surface area contributed by atoms with E-state index in [9.17, 15) is 9.59 Å². The van der Waals surface area contributed by atoms with Crippen LogP contribution in [-0.2, 0) is 4.79 Å². The maximum Gasteiger partial charge on any atom is 0.276 e. The van der Waals surface area contributed by atoms with Crippen molar-refractivity contribution in [1.82, 2.24) is 10.9 Å². The molecule has 0 bridgehead atoms. The van der Waals surface area contributed by atoms with Crippen molar-refractivity contribution in [3.8, 4) is 16.9 Å². The van der Waals surface area contributed by atoms with Gasteiger partial charge in [-0.1, -0.05) is 66.2 Å². The first-order chi connectivity index (χ1) is 13.1. The normalized spacial score (nSPS) is 10.1. The van der Waals surface area contributed by atoms with Crippen molar-refractivity contribution >= 4 is 23.4 Å². The molecule has 3 rings (SSSR count).